The number of carbonyl (C=O) groups excluding carboxylic acids is 1. The summed E-state index contributed by atoms with van der Waals surface area (Å²) in [5.41, 5.74) is 6.40. The second-order valence-electron chi connectivity index (χ2n) is 2.77. The largest absolute Gasteiger partial charge is 0.469 e. The van der Waals surface area contributed by atoms with Crippen molar-refractivity contribution in [2.45, 2.75) is 12.5 Å². The lowest BCUT2D eigenvalue weighted by atomic mass is 10.1. The van der Waals surface area contributed by atoms with Gasteiger partial charge >= 0.3 is 5.97 Å². The van der Waals surface area contributed by atoms with Gasteiger partial charge in [-0.25, -0.2) is 4.98 Å². The number of methoxy groups -OCH3 is 1. The van der Waals surface area contributed by atoms with E-state index in [4.69, 9.17) is 17.3 Å². The lowest BCUT2D eigenvalue weighted by Crippen LogP contribution is -2.16. The van der Waals surface area contributed by atoms with Crippen LogP contribution in [-0.2, 0) is 9.53 Å². The van der Waals surface area contributed by atoms with Crippen LogP contribution in [-0.4, -0.2) is 18.1 Å². The van der Waals surface area contributed by atoms with Crippen molar-refractivity contribution < 1.29 is 9.53 Å². The molecule has 0 radical (unpaired) electrons. The Morgan fingerprint density at radius 1 is 1.73 bits per heavy atom. The number of pyridine rings is 1. The van der Waals surface area contributed by atoms with Gasteiger partial charge in [0.05, 0.1) is 13.5 Å². The number of nitrogens with zero attached hydrogens (tertiary/aromatic N) is 1. The van der Waals surface area contributed by atoms with Crippen molar-refractivity contribution in [1.29, 1.82) is 0 Å². The molecule has 2 N–H and O–H groups in total. The van der Waals surface area contributed by atoms with Gasteiger partial charge in [0.2, 0.25) is 0 Å². The van der Waals surface area contributed by atoms with Crippen molar-refractivity contribution in [2.75, 3.05) is 7.11 Å². The molecule has 0 fully saturated rings. The van der Waals surface area contributed by atoms with E-state index < -0.39 is 6.04 Å². The fraction of sp³-hybridized carbons (Fsp3) is 0.333. The summed E-state index contributed by atoms with van der Waals surface area (Å²) in [6.07, 6.45) is 1.67. The normalized spacial score (nSPS) is 11.4. The molecule has 4 nitrogen and oxygen atoms in total. The van der Waals surface area contributed by atoms with E-state index in [-0.39, 0.29) is 24.8 Å². The number of nitrogens with two attached hydrogens (primary N) is 1. The first-order valence-electron chi connectivity index (χ1n) is 4.08. The van der Waals surface area contributed by atoms with Crippen molar-refractivity contribution in [2.24, 2.45) is 5.73 Å². The Labute approximate surface area is 99.2 Å². The molecule has 0 unspecified atom stereocenters. The molecular weight excluding hydrogens is 239 g/mol. The second-order valence-corrected chi connectivity index (χ2v) is 3.13. The molecule has 0 aliphatic rings. The molecular formula is C9H12Cl2N2O2. The van der Waals surface area contributed by atoms with Crippen LogP contribution < -0.4 is 5.73 Å². The molecule has 0 aliphatic carbocycles. The molecule has 0 bridgehead atoms. The maximum Gasteiger partial charge on any atom is 0.307 e. The molecule has 1 aromatic rings. The van der Waals surface area contributed by atoms with Crippen molar-refractivity contribution in [1.82, 2.24) is 4.98 Å². The van der Waals surface area contributed by atoms with E-state index in [0.717, 1.165) is 0 Å². The van der Waals surface area contributed by atoms with Crippen LogP contribution in [0.25, 0.3) is 0 Å². The summed E-state index contributed by atoms with van der Waals surface area (Å²) < 4.78 is 4.50. The summed E-state index contributed by atoms with van der Waals surface area (Å²) >= 11 is 5.80. The summed E-state index contributed by atoms with van der Waals surface area (Å²) in [5, 5.41) is 0.323. The van der Waals surface area contributed by atoms with Crippen LogP contribution in [0.1, 0.15) is 18.0 Å². The van der Waals surface area contributed by atoms with Gasteiger partial charge in [-0.1, -0.05) is 17.7 Å². The predicted octanol–water partition coefficient (Wildman–Crippen LogP) is 1.72. The second kappa shape index (κ2) is 6.61. The van der Waals surface area contributed by atoms with Crippen molar-refractivity contribution in [3.05, 3.63) is 29.0 Å². The Morgan fingerprint density at radius 2 is 2.40 bits per heavy atom. The van der Waals surface area contributed by atoms with Gasteiger partial charge in [-0.2, -0.15) is 0 Å². The first-order chi connectivity index (χ1) is 6.65. The molecule has 0 spiro atoms. The molecule has 1 aromatic heterocycles. The van der Waals surface area contributed by atoms with Gasteiger partial charge in [0, 0.05) is 17.8 Å². The zero-order valence-corrected chi connectivity index (χ0v) is 9.72. The van der Waals surface area contributed by atoms with Gasteiger partial charge in [0.15, 0.2) is 0 Å². The molecule has 84 valence electrons. The highest BCUT2D eigenvalue weighted by Crippen LogP contribution is 2.20. The molecule has 15 heavy (non-hydrogen) atoms. The zero-order valence-electron chi connectivity index (χ0n) is 8.14. The molecule has 0 saturated heterocycles. The van der Waals surface area contributed by atoms with E-state index in [9.17, 15) is 4.79 Å². The number of ether oxygens (including phenoxy) is 1. The lowest BCUT2D eigenvalue weighted by Gasteiger charge is -2.10. The van der Waals surface area contributed by atoms with Crippen LogP contribution >= 0.6 is 24.0 Å². The minimum Gasteiger partial charge on any atom is -0.469 e. The van der Waals surface area contributed by atoms with E-state index in [1.807, 2.05) is 0 Å². The molecule has 1 heterocycles. The average molecular weight is 251 g/mol. The highest BCUT2D eigenvalue weighted by molar-refractivity contribution is 6.30. The quantitative estimate of drug-likeness (QED) is 0.656. The smallest absolute Gasteiger partial charge is 0.307 e. The molecule has 0 aliphatic heterocycles. The first-order valence-corrected chi connectivity index (χ1v) is 4.45. The summed E-state index contributed by atoms with van der Waals surface area (Å²) in [7, 11) is 1.32. The van der Waals surface area contributed by atoms with Gasteiger partial charge in [-0.3, -0.25) is 4.79 Å². The van der Waals surface area contributed by atoms with E-state index >= 15 is 0 Å². The van der Waals surface area contributed by atoms with Crippen LogP contribution in [0.4, 0.5) is 0 Å². The van der Waals surface area contributed by atoms with Crippen molar-refractivity contribution in [3.8, 4) is 0 Å². The van der Waals surface area contributed by atoms with E-state index in [1.165, 1.54) is 7.11 Å². The number of hydrogen-bond donors (Lipinski definition) is 1. The summed E-state index contributed by atoms with van der Waals surface area (Å²) in [6.45, 7) is 0. The third kappa shape index (κ3) is 4.03. The Hall–Kier alpha value is -0.840. The lowest BCUT2D eigenvalue weighted by molar-refractivity contribution is -0.141. The Balaban J connectivity index is 0.00000196. The predicted molar refractivity (Wildman–Crippen MR) is 60.1 cm³/mol. The monoisotopic (exact) mass is 250 g/mol. The fourth-order valence-electron chi connectivity index (χ4n) is 1.05. The van der Waals surface area contributed by atoms with Gasteiger partial charge in [-0.05, 0) is 6.07 Å². The highest BCUT2D eigenvalue weighted by Gasteiger charge is 2.14. The Bertz CT molecular complexity index is 334. The van der Waals surface area contributed by atoms with Gasteiger partial charge in [0.1, 0.15) is 5.15 Å². The zero-order chi connectivity index (χ0) is 10.6. The number of aromatic nitrogens is 1. The van der Waals surface area contributed by atoms with Crippen molar-refractivity contribution >= 4 is 30.0 Å². The third-order valence-electron chi connectivity index (χ3n) is 1.80. The SMILES string of the molecule is COC(=O)C[C@@H](N)c1cccnc1Cl.Cl. The maximum absolute atomic E-state index is 10.9. The molecule has 0 saturated carbocycles. The Kier molecular flexibility index (Phi) is 6.24. The van der Waals surface area contributed by atoms with E-state index in [1.54, 1.807) is 18.3 Å². The summed E-state index contributed by atoms with van der Waals surface area (Å²) in [6, 6.07) is 2.99. The van der Waals surface area contributed by atoms with E-state index in [2.05, 4.69) is 9.72 Å². The third-order valence-corrected chi connectivity index (χ3v) is 2.12. The summed E-state index contributed by atoms with van der Waals surface area (Å²) in [5.74, 6) is -0.364. The van der Waals surface area contributed by atoms with Gasteiger partial charge in [-0.15, -0.1) is 12.4 Å². The summed E-state index contributed by atoms with van der Waals surface area (Å²) in [4.78, 5) is 14.8. The molecule has 1 atom stereocenters. The van der Waals surface area contributed by atoms with Crippen LogP contribution in [0.3, 0.4) is 0 Å². The first kappa shape index (κ1) is 14.2. The van der Waals surface area contributed by atoms with Crippen LogP contribution in [0.5, 0.6) is 0 Å². The van der Waals surface area contributed by atoms with Crippen LogP contribution in [0, 0.1) is 0 Å². The van der Waals surface area contributed by atoms with Crippen LogP contribution in [0.15, 0.2) is 18.3 Å². The van der Waals surface area contributed by atoms with Crippen molar-refractivity contribution in [3.63, 3.8) is 0 Å². The maximum atomic E-state index is 10.9. The number of carbonyl (C=O) groups is 1. The average Bonchev–Trinajstić information content (AvgIpc) is 2.18. The number of halogens is 2. The molecule has 1 rings (SSSR count). The molecule has 6 heteroatoms. The molecule has 0 amide bonds. The van der Waals surface area contributed by atoms with E-state index in [0.29, 0.717) is 10.7 Å². The van der Waals surface area contributed by atoms with Gasteiger partial charge < -0.3 is 10.5 Å². The molecule has 0 aromatic carbocycles. The highest BCUT2D eigenvalue weighted by atomic mass is 35.5. The topological polar surface area (TPSA) is 65.2 Å². The van der Waals surface area contributed by atoms with Gasteiger partial charge in [0.25, 0.3) is 0 Å². The standard InChI is InChI=1S/C9H11ClN2O2.ClH/c1-14-8(13)5-7(11)6-3-2-4-12-9(6)10;/h2-4,7H,5,11H2,1H3;1H/t7-;/m1./s1. The number of rotatable bonds is 3. The fourth-order valence-corrected chi connectivity index (χ4v) is 1.31. The minimum absolute atomic E-state index is 0. The number of esters is 1. The Morgan fingerprint density at radius 3 is 2.93 bits per heavy atom. The minimum atomic E-state index is -0.469. The van der Waals surface area contributed by atoms with Crippen LogP contribution in [0.2, 0.25) is 5.15 Å². The number of hydrogen-bond acceptors (Lipinski definition) is 4.